The molecule has 0 spiro atoms. The van der Waals surface area contributed by atoms with Crippen LogP contribution in [0.2, 0.25) is 0 Å². The van der Waals surface area contributed by atoms with Crippen molar-refractivity contribution < 1.29 is 4.39 Å². The van der Waals surface area contributed by atoms with Crippen LogP contribution >= 0.6 is 0 Å². The van der Waals surface area contributed by atoms with Crippen LogP contribution in [-0.4, -0.2) is 18.1 Å². The van der Waals surface area contributed by atoms with Crippen molar-refractivity contribution in [1.29, 1.82) is 0 Å². The third-order valence-corrected chi connectivity index (χ3v) is 3.65. The predicted octanol–water partition coefficient (Wildman–Crippen LogP) is 3.43. The monoisotopic (exact) mass is 271 g/mol. The Morgan fingerprint density at radius 3 is 2.65 bits per heavy atom. The summed E-state index contributed by atoms with van der Waals surface area (Å²) in [6, 6.07) is 11.5. The maximum atomic E-state index is 12.8. The van der Waals surface area contributed by atoms with Crippen LogP contribution < -0.4 is 10.2 Å². The number of benzene rings is 1. The first-order valence-electron chi connectivity index (χ1n) is 7.01. The molecule has 0 radical (unpaired) electrons. The van der Waals surface area contributed by atoms with Crippen LogP contribution in [0.3, 0.4) is 0 Å². The molecule has 1 fully saturated rings. The molecular formula is C16H18FN3. The molecule has 1 aliphatic heterocycles. The molecule has 1 aromatic carbocycles. The molecule has 104 valence electrons. The van der Waals surface area contributed by atoms with E-state index in [-0.39, 0.29) is 0 Å². The Kier molecular flexibility index (Phi) is 3.81. The first-order chi connectivity index (χ1) is 9.83. The van der Waals surface area contributed by atoms with Gasteiger partial charge in [0.2, 0.25) is 5.95 Å². The van der Waals surface area contributed by atoms with E-state index in [9.17, 15) is 4.39 Å². The minimum Gasteiger partial charge on any atom is -0.380 e. The summed E-state index contributed by atoms with van der Waals surface area (Å²) in [4.78, 5) is 6.08. The summed E-state index contributed by atoms with van der Waals surface area (Å²) in [5.74, 6) is -0.451. The molecule has 0 atom stereocenters. The molecule has 20 heavy (non-hydrogen) atoms. The SMILES string of the molecule is Fc1ccc(NCc2ccccc2N2CCCC2)cn1. The summed E-state index contributed by atoms with van der Waals surface area (Å²) in [5, 5.41) is 3.30. The quantitative estimate of drug-likeness (QED) is 0.863. The average molecular weight is 271 g/mol. The molecule has 1 aromatic heterocycles. The van der Waals surface area contributed by atoms with Crippen molar-refractivity contribution in [1.82, 2.24) is 4.98 Å². The summed E-state index contributed by atoms with van der Waals surface area (Å²) in [5.41, 5.74) is 3.40. The first kappa shape index (κ1) is 12.9. The van der Waals surface area contributed by atoms with E-state index in [0.29, 0.717) is 0 Å². The van der Waals surface area contributed by atoms with Gasteiger partial charge >= 0.3 is 0 Å². The smallest absolute Gasteiger partial charge is 0.212 e. The molecule has 1 aliphatic rings. The number of nitrogens with one attached hydrogen (secondary N) is 1. The lowest BCUT2D eigenvalue weighted by atomic mass is 10.1. The fraction of sp³-hybridized carbons (Fsp3) is 0.312. The number of hydrogen-bond donors (Lipinski definition) is 1. The van der Waals surface area contributed by atoms with E-state index in [1.165, 1.54) is 36.4 Å². The van der Waals surface area contributed by atoms with Gasteiger partial charge in [0.25, 0.3) is 0 Å². The highest BCUT2D eigenvalue weighted by Crippen LogP contribution is 2.25. The van der Waals surface area contributed by atoms with Crippen molar-refractivity contribution in [3.05, 3.63) is 54.1 Å². The van der Waals surface area contributed by atoms with E-state index < -0.39 is 5.95 Å². The Hall–Kier alpha value is -2.10. The Bertz CT molecular complexity index is 562. The molecule has 2 heterocycles. The maximum absolute atomic E-state index is 12.8. The number of halogens is 1. The number of anilines is 2. The van der Waals surface area contributed by atoms with E-state index in [1.54, 1.807) is 6.07 Å². The van der Waals surface area contributed by atoms with Crippen molar-refractivity contribution in [2.24, 2.45) is 0 Å². The molecule has 0 bridgehead atoms. The summed E-state index contributed by atoms with van der Waals surface area (Å²) in [7, 11) is 0. The summed E-state index contributed by atoms with van der Waals surface area (Å²) in [6.07, 6.45) is 4.06. The minimum atomic E-state index is -0.451. The van der Waals surface area contributed by atoms with Crippen molar-refractivity contribution in [3.8, 4) is 0 Å². The van der Waals surface area contributed by atoms with Crippen molar-refractivity contribution in [3.63, 3.8) is 0 Å². The van der Waals surface area contributed by atoms with Gasteiger partial charge in [-0.2, -0.15) is 4.39 Å². The van der Waals surface area contributed by atoms with Gasteiger partial charge in [-0.25, -0.2) is 4.98 Å². The molecule has 0 amide bonds. The van der Waals surface area contributed by atoms with Crippen LogP contribution in [0, 0.1) is 5.95 Å². The van der Waals surface area contributed by atoms with Crippen LogP contribution in [0.1, 0.15) is 18.4 Å². The summed E-state index contributed by atoms with van der Waals surface area (Å²) in [6.45, 7) is 2.99. The van der Waals surface area contributed by atoms with Gasteiger partial charge < -0.3 is 10.2 Å². The van der Waals surface area contributed by atoms with Gasteiger partial charge in [0.1, 0.15) is 0 Å². The number of pyridine rings is 1. The summed E-state index contributed by atoms with van der Waals surface area (Å²) >= 11 is 0. The zero-order chi connectivity index (χ0) is 13.8. The number of aromatic nitrogens is 1. The van der Waals surface area contributed by atoms with Crippen molar-refractivity contribution in [2.45, 2.75) is 19.4 Å². The normalized spacial score (nSPS) is 14.6. The second-order valence-corrected chi connectivity index (χ2v) is 5.05. The van der Waals surface area contributed by atoms with Crippen LogP contribution in [0.15, 0.2) is 42.6 Å². The molecule has 0 saturated carbocycles. The van der Waals surface area contributed by atoms with E-state index in [0.717, 1.165) is 25.3 Å². The fourth-order valence-electron chi connectivity index (χ4n) is 2.60. The third kappa shape index (κ3) is 2.90. The van der Waals surface area contributed by atoms with Gasteiger partial charge in [-0.3, -0.25) is 0 Å². The van der Waals surface area contributed by atoms with E-state index in [4.69, 9.17) is 0 Å². The van der Waals surface area contributed by atoms with E-state index >= 15 is 0 Å². The van der Waals surface area contributed by atoms with Gasteiger partial charge in [0, 0.05) is 25.3 Å². The van der Waals surface area contributed by atoms with Gasteiger partial charge in [-0.1, -0.05) is 18.2 Å². The molecule has 0 unspecified atom stereocenters. The lowest BCUT2D eigenvalue weighted by Gasteiger charge is -2.21. The Morgan fingerprint density at radius 1 is 1.10 bits per heavy atom. The number of hydrogen-bond acceptors (Lipinski definition) is 3. The lowest BCUT2D eigenvalue weighted by molar-refractivity contribution is 0.584. The van der Waals surface area contributed by atoms with Crippen LogP contribution in [-0.2, 0) is 6.54 Å². The Balaban J connectivity index is 1.72. The van der Waals surface area contributed by atoms with E-state index in [1.807, 2.05) is 0 Å². The zero-order valence-electron chi connectivity index (χ0n) is 11.3. The first-order valence-corrected chi connectivity index (χ1v) is 7.01. The van der Waals surface area contributed by atoms with Crippen molar-refractivity contribution >= 4 is 11.4 Å². The highest BCUT2D eigenvalue weighted by molar-refractivity contribution is 5.55. The van der Waals surface area contributed by atoms with Gasteiger partial charge in [0.15, 0.2) is 0 Å². The molecule has 3 rings (SSSR count). The van der Waals surface area contributed by atoms with Crippen molar-refractivity contribution in [2.75, 3.05) is 23.3 Å². The maximum Gasteiger partial charge on any atom is 0.212 e. The van der Waals surface area contributed by atoms with Gasteiger partial charge in [0.05, 0.1) is 11.9 Å². The van der Waals surface area contributed by atoms with Gasteiger partial charge in [-0.15, -0.1) is 0 Å². The largest absolute Gasteiger partial charge is 0.380 e. The lowest BCUT2D eigenvalue weighted by Crippen LogP contribution is -2.19. The minimum absolute atomic E-state index is 0.451. The second-order valence-electron chi connectivity index (χ2n) is 5.05. The average Bonchev–Trinajstić information content (AvgIpc) is 3.01. The fourth-order valence-corrected chi connectivity index (χ4v) is 2.60. The van der Waals surface area contributed by atoms with Crippen LogP contribution in [0.4, 0.5) is 15.8 Å². The third-order valence-electron chi connectivity index (χ3n) is 3.65. The molecule has 2 aromatic rings. The molecule has 0 aliphatic carbocycles. The van der Waals surface area contributed by atoms with Crippen LogP contribution in [0.5, 0.6) is 0 Å². The molecule has 4 heteroatoms. The second kappa shape index (κ2) is 5.90. The Labute approximate surface area is 118 Å². The predicted molar refractivity (Wildman–Crippen MR) is 79.4 cm³/mol. The molecule has 1 N–H and O–H groups in total. The highest BCUT2D eigenvalue weighted by atomic mass is 19.1. The topological polar surface area (TPSA) is 28.2 Å². The van der Waals surface area contributed by atoms with Crippen LogP contribution in [0.25, 0.3) is 0 Å². The number of nitrogens with zero attached hydrogens (tertiary/aromatic N) is 2. The highest BCUT2D eigenvalue weighted by Gasteiger charge is 2.14. The van der Waals surface area contributed by atoms with Gasteiger partial charge in [-0.05, 0) is 36.6 Å². The number of para-hydroxylation sites is 1. The van der Waals surface area contributed by atoms with E-state index in [2.05, 4.69) is 39.5 Å². The molecular weight excluding hydrogens is 253 g/mol. The molecule has 1 saturated heterocycles. The standard InChI is InChI=1S/C16H18FN3/c17-16-8-7-14(12-19-16)18-11-13-5-1-2-6-15(13)20-9-3-4-10-20/h1-2,5-8,12,18H,3-4,9-11H2. The zero-order valence-corrected chi connectivity index (χ0v) is 11.3. The Morgan fingerprint density at radius 2 is 1.90 bits per heavy atom. The molecule has 3 nitrogen and oxygen atoms in total. The number of rotatable bonds is 4. The summed E-state index contributed by atoms with van der Waals surface area (Å²) < 4.78 is 12.8.